The molecule has 2 aromatic rings. The molecule has 2 N–H and O–H groups in total. The molecular formula is C19H19F4N3O2. The summed E-state index contributed by atoms with van der Waals surface area (Å²) in [6.07, 6.45) is 3.25. The summed E-state index contributed by atoms with van der Waals surface area (Å²) in [5.74, 6) is -1.75. The van der Waals surface area contributed by atoms with Gasteiger partial charge in [-0.3, -0.25) is 4.79 Å². The Morgan fingerprint density at radius 1 is 1.36 bits per heavy atom. The van der Waals surface area contributed by atoms with Crippen molar-refractivity contribution in [1.82, 2.24) is 4.57 Å². The highest BCUT2D eigenvalue weighted by Gasteiger charge is 2.34. The average molecular weight is 397 g/mol. The van der Waals surface area contributed by atoms with Crippen LogP contribution in [0.15, 0.2) is 28.5 Å². The molecule has 0 radical (unpaired) electrons. The van der Waals surface area contributed by atoms with E-state index in [1.807, 2.05) is 0 Å². The lowest BCUT2D eigenvalue weighted by molar-refractivity contribution is -0.0488. The normalized spacial score (nSPS) is 16.7. The van der Waals surface area contributed by atoms with Crippen LogP contribution >= 0.6 is 0 Å². The van der Waals surface area contributed by atoms with Crippen molar-refractivity contribution in [3.8, 4) is 5.75 Å². The lowest BCUT2D eigenvalue weighted by atomic mass is 10.0. The van der Waals surface area contributed by atoms with Crippen molar-refractivity contribution in [3.63, 3.8) is 0 Å². The molecule has 1 aliphatic carbocycles. The summed E-state index contributed by atoms with van der Waals surface area (Å²) in [6.45, 7) is -1.84. The maximum Gasteiger partial charge on any atom is 0.387 e. The molecule has 1 saturated carbocycles. The highest BCUT2D eigenvalue weighted by Crippen LogP contribution is 2.45. The lowest BCUT2D eigenvalue weighted by Gasteiger charge is -2.37. The number of aryl methyl sites for hydroxylation is 1. The molecule has 0 amide bonds. The third-order valence-electron chi connectivity index (χ3n) is 5.17. The Kier molecular flexibility index (Phi) is 4.57. The van der Waals surface area contributed by atoms with Crippen LogP contribution in [0.25, 0.3) is 10.9 Å². The minimum atomic E-state index is -3.20. The lowest BCUT2D eigenvalue weighted by Crippen LogP contribution is -2.42. The largest absolute Gasteiger partial charge is 0.430 e. The number of pyridine rings is 1. The van der Waals surface area contributed by atoms with E-state index >= 15 is 0 Å². The van der Waals surface area contributed by atoms with Crippen molar-refractivity contribution in [2.75, 3.05) is 24.5 Å². The summed E-state index contributed by atoms with van der Waals surface area (Å²) >= 11 is 0. The topological polar surface area (TPSA) is 60.5 Å². The van der Waals surface area contributed by atoms with Crippen molar-refractivity contribution in [2.45, 2.75) is 32.4 Å². The van der Waals surface area contributed by atoms with Gasteiger partial charge in [-0.15, -0.1) is 0 Å². The standard InChI is InChI=1S/C19H19F4N3O2/c1-9-6-26(11-2-3-11)15-12(17(9)27)4-13(20)16(18(15)28-19(22)23)25-7-10(8-25)14(21)5-24/h4,6,11,19H,2-3,5,7-8,24H2,1H3. The molecule has 2 fully saturated rings. The number of nitrogens with two attached hydrogens (primary N) is 1. The van der Waals surface area contributed by atoms with Crippen LogP contribution < -0.4 is 20.8 Å². The fraction of sp³-hybridized carbons (Fsp3) is 0.421. The first kappa shape index (κ1) is 18.8. The van der Waals surface area contributed by atoms with Crippen LogP contribution in [-0.4, -0.2) is 30.8 Å². The predicted octanol–water partition coefficient (Wildman–Crippen LogP) is 3.39. The van der Waals surface area contributed by atoms with Crippen molar-refractivity contribution >= 4 is 16.6 Å². The Morgan fingerprint density at radius 3 is 2.61 bits per heavy atom. The highest BCUT2D eigenvalue weighted by atomic mass is 19.3. The Balaban J connectivity index is 1.95. The molecular weight excluding hydrogens is 378 g/mol. The second-order valence-corrected chi connectivity index (χ2v) is 7.16. The van der Waals surface area contributed by atoms with Crippen molar-refractivity contribution in [2.24, 2.45) is 5.73 Å². The zero-order chi connectivity index (χ0) is 20.2. The van der Waals surface area contributed by atoms with Crippen LogP contribution in [-0.2, 0) is 0 Å². The number of hydrogen-bond donors (Lipinski definition) is 1. The summed E-state index contributed by atoms with van der Waals surface area (Å²) in [5.41, 5.74) is 5.56. The van der Waals surface area contributed by atoms with Gasteiger partial charge in [0.25, 0.3) is 0 Å². The van der Waals surface area contributed by atoms with E-state index in [0.717, 1.165) is 18.9 Å². The molecule has 1 saturated heterocycles. The van der Waals surface area contributed by atoms with Crippen molar-refractivity contribution in [3.05, 3.63) is 45.3 Å². The van der Waals surface area contributed by atoms with E-state index in [1.54, 1.807) is 17.7 Å². The van der Waals surface area contributed by atoms with Gasteiger partial charge in [0.1, 0.15) is 11.5 Å². The smallest absolute Gasteiger partial charge is 0.387 e. The maximum atomic E-state index is 14.9. The first-order chi connectivity index (χ1) is 13.3. The summed E-state index contributed by atoms with van der Waals surface area (Å²) in [7, 11) is 0. The fourth-order valence-electron chi connectivity index (χ4n) is 3.60. The second-order valence-electron chi connectivity index (χ2n) is 7.16. The number of benzene rings is 1. The van der Waals surface area contributed by atoms with Crippen molar-refractivity contribution < 1.29 is 22.3 Å². The first-order valence-corrected chi connectivity index (χ1v) is 8.96. The fourth-order valence-corrected chi connectivity index (χ4v) is 3.60. The quantitative estimate of drug-likeness (QED) is 0.786. The molecule has 0 spiro atoms. The summed E-state index contributed by atoms with van der Waals surface area (Å²) in [5, 5.41) is -0.00627. The van der Waals surface area contributed by atoms with Gasteiger partial charge in [0.15, 0.2) is 17.0 Å². The van der Waals surface area contributed by atoms with E-state index in [2.05, 4.69) is 0 Å². The SMILES string of the molecule is Cc1cn(C2CC2)c2c(OC(F)F)c(N3CC(=C(F)CN)C3)c(F)cc2c1=O. The Hall–Kier alpha value is -2.55. The van der Waals surface area contributed by atoms with E-state index in [-0.39, 0.29) is 48.0 Å². The third-order valence-corrected chi connectivity index (χ3v) is 5.17. The predicted molar refractivity (Wildman–Crippen MR) is 97.2 cm³/mol. The van der Waals surface area contributed by atoms with Crippen LogP contribution in [0.1, 0.15) is 24.4 Å². The summed E-state index contributed by atoms with van der Waals surface area (Å²) in [4.78, 5) is 14.0. The van der Waals surface area contributed by atoms with Gasteiger partial charge in [-0.2, -0.15) is 8.78 Å². The van der Waals surface area contributed by atoms with Gasteiger partial charge in [0.2, 0.25) is 0 Å². The first-order valence-electron chi connectivity index (χ1n) is 8.96. The maximum absolute atomic E-state index is 14.9. The number of fused-ring (bicyclic) bond motifs is 1. The molecule has 1 aliphatic heterocycles. The minimum Gasteiger partial charge on any atom is -0.430 e. The molecule has 0 unspecified atom stereocenters. The molecule has 5 nitrogen and oxygen atoms in total. The number of halogens is 4. The minimum absolute atomic E-state index is 0.00627. The van der Waals surface area contributed by atoms with Gasteiger partial charge >= 0.3 is 6.61 Å². The van der Waals surface area contributed by atoms with Gasteiger partial charge in [-0.1, -0.05) is 0 Å². The van der Waals surface area contributed by atoms with Gasteiger partial charge in [-0.05, 0) is 25.8 Å². The van der Waals surface area contributed by atoms with E-state index in [4.69, 9.17) is 10.5 Å². The van der Waals surface area contributed by atoms with E-state index < -0.39 is 23.7 Å². The van der Waals surface area contributed by atoms with E-state index in [9.17, 15) is 22.4 Å². The summed E-state index contributed by atoms with van der Waals surface area (Å²) < 4.78 is 61.4. The van der Waals surface area contributed by atoms with Crippen molar-refractivity contribution in [1.29, 1.82) is 0 Å². The second kappa shape index (κ2) is 6.80. The molecule has 0 bridgehead atoms. The van der Waals surface area contributed by atoms with Crippen LogP contribution in [0.3, 0.4) is 0 Å². The van der Waals surface area contributed by atoms with Crippen LogP contribution in [0.4, 0.5) is 23.2 Å². The van der Waals surface area contributed by atoms with Crippen LogP contribution in [0.2, 0.25) is 0 Å². The summed E-state index contributed by atoms with van der Waals surface area (Å²) in [6, 6.07) is 1.10. The van der Waals surface area contributed by atoms with Gasteiger partial charge in [0, 0.05) is 43.0 Å². The Labute approximate surface area is 158 Å². The molecule has 9 heteroatoms. The molecule has 0 atom stereocenters. The molecule has 150 valence electrons. The number of alkyl halides is 2. The van der Waals surface area contributed by atoms with Gasteiger partial charge in [0.05, 0.1) is 10.9 Å². The molecule has 2 heterocycles. The molecule has 1 aromatic heterocycles. The zero-order valence-corrected chi connectivity index (χ0v) is 15.1. The van der Waals surface area contributed by atoms with Crippen LogP contribution in [0.5, 0.6) is 5.75 Å². The van der Waals surface area contributed by atoms with E-state index in [0.29, 0.717) is 11.1 Å². The number of hydrogen-bond acceptors (Lipinski definition) is 4. The third kappa shape index (κ3) is 3.03. The number of ether oxygens (including phenoxy) is 1. The molecule has 1 aromatic carbocycles. The number of nitrogens with zero attached hydrogens (tertiary/aromatic N) is 2. The number of aromatic nitrogens is 1. The van der Waals surface area contributed by atoms with Crippen LogP contribution in [0, 0.1) is 12.7 Å². The van der Waals surface area contributed by atoms with Gasteiger partial charge in [-0.25, -0.2) is 8.78 Å². The monoisotopic (exact) mass is 397 g/mol. The average Bonchev–Trinajstić information content (AvgIpc) is 3.43. The zero-order valence-electron chi connectivity index (χ0n) is 15.1. The molecule has 4 rings (SSSR count). The molecule has 28 heavy (non-hydrogen) atoms. The Morgan fingerprint density at radius 2 is 2.04 bits per heavy atom. The Bertz CT molecular complexity index is 1040. The number of anilines is 1. The number of rotatable bonds is 5. The molecule has 2 aliphatic rings. The van der Waals surface area contributed by atoms with Gasteiger partial charge < -0.3 is 19.9 Å². The highest BCUT2D eigenvalue weighted by molar-refractivity contribution is 5.92. The van der Waals surface area contributed by atoms with E-state index in [1.165, 1.54) is 4.90 Å².